The van der Waals surface area contributed by atoms with Crippen LogP contribution in [0.25, 0.3) is 0 Å². The van der Waals surface area contributed by atoms with E-state index in [4.69, 9.17) is 24.4 Å². The lowest BCUT2D eigenvalue weighted by Crippen LogP contribution is -2.37. The lowest BCUT2D eigenvalue weighted by molar-refractivity contribution is 1.04. The molecular formula is C8H12N2S2. The molecule has 0 unspecified atom stereocenters. The molecule has 0 amide bonds. The average Bonchev–Trinajstić information content (AvgIpc) is 2.10. The molecule has 0 aliphatic heterocycles. The first-order valence-corrected chi connectivity index (χ1v) is 4.31. The fourth-order valence-electron chi connectivity index (χ4n) is 0.490. The third-order valence-electron chi connectivity index (χ3n) is 1.02. The highest BCUT2D eigenvalue weighted by molar-refractivity contribution is 7.89. The van der Waals surface area contributed by atoms with Crippen molar-refractivity contribution < 1.29 is 0 Å². The third kappa shape index (κ3) is 4.98. The van der Waals surface area contributed by atoms with E-state index in [9.17, 15) is 0 Å². The maximum atomic E-state index is 4.96. The number of nitrogens with one attached hydrogen (secondary N) is 2. The van der Waals surface area contributed by atoms with Gasteiger partial charge >= 0.3 is 0 Å². The molecule has 0 heterocycles. The zero-order valence-corrected chi connectivity index (χ0v) is 8.43. The van der Waals surface area contributed by atoms with Gasteiger partial charge in [-0.25, -0.2) is 0 Å². The SMILES string of the molecule is C=CCNC(=S)C(=S)NCC=C. The summed E-state index contributed by atoms with van der Waals surface area (Å²) in [6.07, 6.45) is 3.45. The van der Waals surface area contributed by atoms with Crippen molar-refractivity contribution in [2.75, 3.05) is 13.1 Å². The van der Waals surface area contributed by atoms with Crippen molar-refractivity contribution in [1.29, 1.82) is 0 Å². The summed E-state index contributed by atoms with van der Waals surface area (Å²) in [5.41, 5.74) is 0. The van der Waals surface area contributed by atoms with Gasteiger partial charge in [0.15, 0.2) is 0 Å². The number of hydrogen-bond donors (Lipinski definition) is 2. The van der Waals surface area contributed by atoms with E-state index in [1.54, 1.807) is 12.2 Å². The minimum Gasteiger partial charge on any atom is -0.370 e. The Morgan fingerprint density at radius 1 is 1.00 bits per heavy atom. The van der Waals surface area contributed by atoms with Crippen molar-refractivity contribution in [3.63, 3.8) is 0 Å². The van der Waals surface area contributed by atoms with Crippen molar-refractivity contribution in [2.24, 2.45) is 0 Å². The lowest BCUT2D eigenvalue weighted by Gasteiger charge is -2.07. The van der Waals surface area contributed by atoms with Crippen molar-refractivity contribution in [3.8, 4) is 0 Å². The second-order valence-corrected chi connectivity index (χ2v) is 2.81. The van der Waals surface area contributed by atoms with Gasteiger partial charge in [0.05, 0.1) is 0 Å². The second-order valence-electron chi connectivity index (χ2n) is 2.00. The summed E-state index contributed by atoms with van der Waals surface area (Å²) in [6.45, 7) is 8.37. The molecule has 0 atom stereocenters. The Bertz CT molecular complexity index is 177. The van der Waals surface area contributed by atoms with E-state index < -0.39 is 0 Å². The molecule has 0 saturated carbocycles. The molecule has 0 aliphatic carbocycles. The van der Waals surface area contributed by atoms with E-state index in [-0.39, 0.29) is 0 Å². The van der Waals surface area contributed by atoms with Crippen LogP contribution in [-0.2, 0) is 0 Å². The molecule has 2 N–H and O–H groups in total. The van der Waals surface area contributed by atoms with Crippen LogP contribution in [0.5, 0.6) is 0 Å². The van der Waals surface area contributed by atoms with Crippen LogP contribution in [0.1, 0.15) is 0 Å². The molecule has 0 saturated heterocycles. The summed E-state index contributed by atoms with van der Waals surface area (Å²) < 4.78 is 0. The van der Waals surface area contributed by atoms with Crippen LogP contribution >= 0.6 is 24.4 Å². The largest absolute Gasteiger partial charge is 0.370 e. The van der Waals surface area contributed by atoms with Gasteiger partial charge in [-0.2, -0.15) is 0 Å². The van der Waals surface area contributed by atoms with Crippen LogP contribution in [0.3, 0.4) is 0 Å². The highest BCUT2D eigenvalue weighted by atomic mass is 32.1. The van der Waals surface area contributed by atoms with Gasteiger partial charge in [0, 0.05) is 13.1 Å². The third-order valence-corrected chi connectivity index (χ3v) is 1.85. The smallest absolute Gasteiger partial charge is 0.134 e. The standard InChI is InChI=1S/C8H12N2S2/c1-3-5-9-7(11)8(12)10-6-4-2/h3-4H,1-2,5-6H2,(H,9,11)(H,10,12). The average molecular weight is 200 g/mol. The predicted molar refractivity (Wildman–Crippen MR) is 61.6 cm³/mol. The van der Waals surface area contributed by atoms with E-state index >= 15 is 0 Å². The van der Waals surface area contributed by atoms with Crippen molar-refractivity contribution in [1.82, 2.24) is 10.6 Å². The summed E-state index contributed by atoms with van der Waals surface area (Å²) in [6, 6.07) is 0. The highest BCUT2D eigenvalue weighted by Crippen LogP contribution is 1.78. The summed E-state index contributed by atoms with van der Waals surface area (Å²) in [5.74, 6) is 0. The first kappa shape index (κ1) is 11.3. The fourth-order valence-corrected chi connectivity index (χ4v) is 0.801. The first-order valence-electron chi connectivity index (χ1n) is 3.50. The van der Waals surface area contributed by atoms with Crippen LogP contribution in [-0.4, -0.2) is 23.1 Å². The maximum absolute atomic E-state index is 4.96. The Kier molecular flexibility index (Phi) is 6.51. The minimum atomic E-state index is 0.548. The molecule has 0 rings (SSSR count). The molecule has 66 valence electrons. The predicted octanol–water partition coefficient (Wildman–Crippen LogP) is 1.19. The van der Waals surface area contributed by atoms with E-state index in [1.165, 1.54) is 0 Å². The molecule has 0 spiro atoms. The van der Waals surface area contributed by atoms with Gasteiger partial charge in [-0.3, -0.25) is 0 Å². The Morgan fingerprint density at radius 2 is 1.33 bits per heavy atom. The monoisotopic (exact) mass is 200 g/mol. The van der Waals surface area contributed by atoms with Crippen LogP contribution in [0.15, 0.2) is 25.3 Å². The van der Waals surface area contributed by atoms with Gasteiger partial charge in [0.25, 0.3) is 0 Å². The zero-order valence-electron chi connectivity index (χ0n) is 6.80. The van der Waals surface area contributed by atoms with Crippen molar-refractivity contribution in [2.45, 2.75) is 0 Å². The highest BCUT2D eigenvalue weighted by Gasteiger charge is 1.99. The molecule has 0 aromatic carbocycles. The number of rotatable bonds is 4. The Morgan fingerprint density at radius 3 is 1.58 bits per heavy atom. The molecule has 0 radical (unpaired) electrons. The zero-order chi connectivity index (χ0) is 9.40. The van der Waals surface area contributed by atoms with E-state index in [0.29, 0.717) is 23.1 Å². The van der Waals surface area contributed by atoms with Gasteiger partial charge in [0.1, 0.15) is 9.98 Å². The van der Waals surface area contributed by atoms with Gasteiger partial charge in [-0.1, -0.05) is 36.6 Å². The molecular weight excluding hydrogens is 188 g/mol. The summed E-state index contributed by atoms with van der Waals surface area (Å²) in [4.78, 5) is 1.10. The Labute approximate surface area is 83.7 Å². The van der Waals surface area contributed by atoms with Crippen LogP contribution in [0.2, 0.25) is 0 Å². The summed E-state index contributed by atoms with van der Waals surface area (Å²) in [7, 11) is 0. The van der Waals surface area contributed by atoms with E-state index in [2.05, 4.69) is 23.8 Å². The van der Waals surface area contributed by atoms with E-state index in [0.717, 1.165) is 0 Å². The topological polar surface area (TPSA) is 24.1 Å². The molecule has 2 nitrogen and oxygen atoms in total. The molecule has 12 heavy (non-hydrogen) atoms. The fraction of sp³-hybridized carbons (Fsp3) is 0.250. The molecule has 0 aromatic heterocycles. The molecule has 0 fully saturated rings. The second kappa shape index (κ2) is 6.94. The molecule has 0 aliphatic rings. The van der Waals surface area contributed by atoms with Crippen LogP contribution in [0.4, 0.5) is 0 Å². The Balaban J connectivity index is 3.68. The van der Waals surface area contributed by atoms with Gasteiger partial charge in [-0.05, 0) is 0 Å². The van der Waals surface area contributed by atoms with Gasteiger partial charge in [-0.15, -0.1) is 13.2 Å². The van der Waals surface area contributed by atoms with Crippen molar-refractivity contribution in [3.05, 3.63) is 25.3 Å². The lowest BCUT2D eigenvalue weighted by atomic mass is 10.5. The van der Waals surface area contributed by atoms with Gasteiger partial charge < -0.3 is 10.6 Å². The quantitative estimate of drug-likeness (QED) is 0.526. The molecule has 4 heteroatoms. The van der Waals surface area contributed by atoms with Crippen molar-refractivity contribution >= 4 is 34.4 Å². The summed E-state index contributed by atoms with van der Waals surface area (Å²) in [5, 5.41) is 5.83. The first-order chi connectivity index (χ1) is 5.72. The van der Waals surface area contributed by atoms with Crippen LogP contribution in [0, 0.1) is 0 Å². The molecule has 0 bridgehead atoms. The van der Waals surface area contributed by atoms with E-state index in [1.807, 2.05) is 0 Å². The number of hydrogen-bond acceptors (Lipinski definition) is 2. The van der Waals surface area contributed by atoms with Crippen LogP contribution < -0.4 is 10.6 Å². The Hall–Kier alpha value is -0.740. The summed E-state index contributed by atoms with van der Waals surface area (Å²) >= 11 is 9.92. The van der Waals surface area contributed by atoms with Gasteiger partial charge in [0.2, 0.25) is 0 Å². The minimum absolute atomic E-state index is 0.548. The molecule has 0 aromatic rings. The maximum Gasteiger partial charge on any atom is 0.134 e. The number of thiocarbonyl (C=S) groups is 2. The normalized spacial score (nSPS) is 8.33.